The number of carbonyl (C=O) groups is 3. The Morgan fingerprint density at radius 2 is 1.64 bits per heavy atom. The fourth-order valence-corrected chi connectivity index (χ4v) is 5.51. The Bertz CT molecular complexity index is 1100. The van der Waals surface area contributed by atoms with Crippen LogP contribution in [0.15, 0.2) is 42.5 Å². The van der Waals surface area contributed by atoms with E-state index >= 15 is 0 Å². The Balaban J connectivity index is 0.000000983. The molecule has 1 saturated carbocycles. The third-order valence-electron chi connectivity index (χ3n) is 7.23. The van der Waals surface area contributed by atoms with Crippen molar-refractivity contribution in [3.8, 4) is 5.75 Å². The molecule has 8 nitrogen and oxygen atoms in total. The van der Waals surface area contributed by atoms with Gasteiger partial charge in [-0.1, -0.05) is 60.7 Å². The first-order chi connectivity index (χ1) is 18.6. The molecule has 0 spiro atoms. The molecule has 0 radical (unpaired) electrons. The van der Waals surface area contributed by atoms with Crippen molar-refractivity contribution in [1.29, 1.82) is 0 Å². The molecule has 1 saturated heterocycles. The molecule has 10 heteroatoms. The van der Waals surface area contributed by atoms with Gasteiger partial charge in [0.05, 0.1) is 11.6 Å². The van der Waals surface area contributed by atoms with Crippen molar-refractivity contribution < 1.29 is 29.3 Å². The zero-order valence-electron chi connectivity index (χ0n) is 22.2. The van der Waals surface area contributed by atoms with Gasteiger partial charge in [0.25, 0.3) is 0 Å². The zero-order chi connectivity index (χ0) is 28.4. The molecule has 0 aromatic heterocycles. The Labute approximate surface area is 239 Å². The third-order valence-corrected chi connectivity index (χ3v) is 7.77. The number of rotatable bonds is 10. The van der Waals surface area contributed by atoms with E-state index in [0.29, 0.717) is 29.5 Å². The van der Waals surface area contributed by atoms with Crippen LogP contribution in [0, 0.1) is 5.92 Å². The molecule has 2 aliphatic rings. The van der Waals surface area contributed by atoms with E-state index in [-0.39, 0.29) is 31.0 Å². The molecule has 1 heterocycles. The van der Waals surface area contributed by atoms with Crippen molar-refractivity contribution in [2.45, 2.75) is 64.5 Å². The summed E-state index contributed by atoms with van der Waals surface area (Å²) in [5, 5.41) is 15.2. The molecule has 0 bridgehead atoms. The monoisotopic (exact) mass is 578 g/mol. The summed E-state index contributed by atoms with van der Waals surface area (Å²) in [5.41, 5.74) is 2.38. The van der Waals surface area contributed by atoms with Gasteiger partial charge in [-0.3, -0.25) is 19.4 Å². The predicted octanol–water partition coefficient (Wildman–Crippen LogP) is 6.89. The summed E-state index contributed by atoms with van der Waals surface area (Å²) in [4.78, 5) is 35.9. The van der Waals surface area contributed by atoms with Crippen LogP contribution < -0.4 is 4.74 Å². The number of imide groups is 1. The summed E-state index contributed by atoms with van der Waals surface area (Å²) in [6, 6.07) is 14.3. The van der Waals surface area contributed by atoms with E-state index in [1.807, 2.05) is 24.3 Å². The first-order valence-corrected chi connectivity index (χ1v) is 14.1. The lowest BCUT2D eigenvalue weighted by Crippen LogP contribution is -2.33. The Morgan fingerprint density at radius 3 is 2.23 bits per heavy atom. The molecule has 2 aromatic rings. The van der Waals surface area contributed by atoms with E-state index in [0.717, 1.165) is 23.7 Å². The standard InChI is InChI=1S/C28H34Cl2N2O3.CH2O3/c1-20(23-8-10-24(29)11-9-23)31(18-21-5-3-2-4-6-21)19-22-7-12-26(25(30)17-22)35-16-15-32-27(33)13-14-28(32)34;2-1(3)4/h7-12,17,20-21H,2-6,13-16,18-19H2,1H3;(H2,2,3,4)/t20-;/m0./s1. The fraction of sp³-hybridized carbons (Fsp3) is 0.483. The minimum Gasteiger partial charge on any atom is -0.490 e. The van der Waals surface area contributed by atoms with Crippen molar-refractivity contribution >= 4 is 41.2 Å². The van der Waals surface area contributed by atoms with Crippen LogP contribution in [0.4, 0.5) is 4.79 Å². The molecule has 2 fully saturated rings. The molecule has 2 aromatic carbocycles. The largest absolute Gasteiger partial charge is 0.503 e. The maximum absolute atomic E-state index is 11.8. The molecular weight excluding hydrogens is 543 g/mol. The molecule has 1 aliphatic heterocycles. The molecule has 0 unspecified atom stereocenters. The van der Waals surface area contributed by atoms with Gasteiger partial charge >= 0.3 is 6.16 Å². The first-order valence-electron chi connectivity index (χ1n) is 13.3. The highest BCUT2D eigenvalue weighted by atomic mass is 35.5. The van der Waals surface area contributed by atoms with Gasteiger partial charge in [-0.05, 0) is 61.1 Å². The van der Waals surface area contributed by atoms with Crippen LogP contribution in [0.1, 0.15) is 69.0 Å². The quantitative estimate of drug-likeness (QED) is 0.295. The normalized spacial score (nSPS) is 16.7. The van der Waals surface area contributed by atoms with Gasteiger partial charge in [0.15, 0.2) is 0 Å². The van der Waals surface area contributed by atoms with Crippen LogP contribution in [0.3, 0.4) is 0 Å². The average molecular weight is 580 g/mol. The van der Waals surface area contributed by atoms with E-state index in [9.17, 15) is 9.59 Å². The van der Waals surface area contributed by atoms with Gasteiger partial charge in [-0.15, -0.1) is 0 Å². The second-order valence-corrected chi connectivity index (χ2v) is 10.8. The van der Waals surface area contributed by atoms with Crippen molar-refractivity contribution in [2.75, 3.05) is 19.7 Å². The Morgan fingerprint density at radius 1 is 1.03 bits per heavy atom. The van der Waals surface area contributed by atoms with Crippen LogP contribution in [0.2, 0.25) is 10.0 Å². The van der Waals surface area contributed by atoms with E-state index in [1.54, 1.807) is 0 Å². The highest BCUT2D eigenvalue weighted by Crippen LogP contribution is 2.32. The molecule has 2 N–H and O–H groups in total. The van der Waals surface area contributed by atoms with Crippen molar-refractivity contribution in [3.05, 3.63) is 63.6 Å². The summed E-state index contributed by atoms with van der Waals surface area (Å²) in [5.74, 6) is 1.02. The summed E-state index contributed by atoms with van der Waals surface area (Å²) < 4.78 is 5.80. The maximum atomic E-state index is 11.8. The smallest absolute Gasteiger partial charge is 0.490 e. The Kier molecular flexibility index (Phi) is 11.9. The third kappa shape index (κ3) is 9.71. The summed E-state index contributed by atoms with van der Waals surface area (Å²) in [6.45, 7) is 4.59. The predicted molar refractivity (Wildman–Crippen MR) is 150 cm³/mol. The van der Waals surface area contributed by atoms with E-state index in [1.165, 1.54) is 42.6 Å². The van der Waals surface area contributed by atoms with Gasteiger partial charge in [-0.2, -0.15) is 0 Å². The number of nitrogens with zero attached hydrogens (tertiary/aromatic N) is 2. The number of likely N-dealkylation sites (tertiary alicyclic amines) is 1. The zero-order valence-corrected chi connectivity index (χ0v) is 23.7. The molecule has 1 aliphatic carbocycles. The topological polar surface area (TPSA) is 107 Å². The minimum atomic E-state index is -1.83. The lowest BCUT2D eigenvalue weighted by Gasteiger charge is -2.34. The van der Waals surface area contributed by atoms with Gasteiger partial charge in [0.1, 0.15) is 12.4 Å². The molecular formula is C29H36Cl2N2O6. The summed E-state index contributed by atoms with van der Waals surface area (Å²) >= 11 is 12.7. The van der Waals surface area contributed by atoms with Crippen LogP contribution >= 0.6 is 23.2 Å². The molecule has 2 amide bonds. The Hall–Kier alpha value is -2.81. The second kappa shape index (κ2) is 15.1. The van der Waals surface area contributed by atoms with Gasteiger partial charge in [0.2, 0.25) is 11.8 Å². The second-order valence-electron chi connectivity index (χ2n) is 10.00. The van der Waals surface area contributed by atoms with Crippen molar-refractivity contribution in [3.63, 3.8) is 0 Å². The first kappa shape index (κ1) is 30.7. The lowest BCUT2D eigenvalue weighted by atomic mass is 9.88. The summed E-state index contributed by atoms with van der Waals surface area (Å²) in [7, 11) is 0. The lowest BCUT2D eigenvalue weighted by molar-refractivity contribution is -0.138. The van der Waals surface area contributed by atoms with E-state index < -0.39 is 6.16 Å². The fourth-order valence-electron chi connectivity index (χ4n) is 5.13. The van der Waals surface area contributed by atoms with E-state index in [2.05, 4.69) is 30.0 Å². The summed E-state index contributed by atoms with van der Waals surface area (Å²) in [6.07, 6.45) is 5.32. The number of halogens is 2. The number of hydrogen-bond donors (Lipinski definition) is 2. The van der Waals surface area contributed by atoms with Crippen molar-refractivity contribution in [2.24, 2.45) is 5.92 Å². The number of carbonyl (C=O) groups excluding carboxylic acids is 2. The molecule has 4 rings (SSSR count). The number of carboxylic acid groups (broad SMARTS) is 2. The molecule has 212 valence electrons. The van der Waals surface area contributed by atoms with Gasteiger partial charge < -0.3 is 14.9 Å². The number of hydrogen-bond acceptors (Lipinski definition) is 5. The van der Waals surface area contributed by atoms with Crippen LogP contribution in [-0.4, -0.2) is 57.7 Å². The average Bonchev–Trinajstić information content (AvgIpc) is 3.22. The highest BCUT2D eigenvalue weighted by Gasteiger charge is 2.28. The number of amides is 2. The highest BCUT2D eigenvalue weighted by molar-refractivity contribution is 6.32. The van der Waals surface area contributed by atoms with Crippen LogP contribution in [0.5, 0.6) is 5.75 Å². The van der Waals surface area contributed by atoms with Crippen molar-refractivity contribution in [1.82, 2.24) is 9.80 Å². The minimum absolute atomic E-state index is 0.132. The SMILES string of the molecule is C[C@@H](c1ccc(Cl)cc1)N(Cc1ccc(OCCN2C(=O)CCC2=O)c(Cl)c1)CC1CCCCC1.O=C(O)O. The van der Waals surface area contributed by atoms with Crippen LogP contribution in [0.25, 0.3) is 0 Å². The molecule has 1 atom stereocenters. The molecule has 39 heavy (non-hydrogen) atoms. The van der Waals surface area contributed by atoms with Crippen LogP contribution in [-0.2, 0) is 16.1 Å². The van der Waals surface area contributed by atoms with Gasteiger partial charge in [-0.25, -0.2) is 4.79 Å². The van der Waals surface area contributed by atoms with E-state index in [4.69, 9.17) is 42.9 Å². The maximum Gasteiger partial charge on any atom is 0.503 e. The number of benzene rings is 2. The van der Waals surface area contributed by atoms with Gasteiger partial charge in [0, 0.05) is 37.0 Å². The number of ether oxygens (including phenoxy) is 1.